The van der Waals surface area contributed by atoms with Gasteiger partial charge in [-0.1, -0.05) is 45.0 Å². The van der Waals surface area contributed by atoms with Crippen molar-refractivity contribution in [3.63, 3.8) is 0 Å². The quantitative estimate of drug-likeness (QED) is 0.877. The fourth-order valence-corrected chi connectivity index (χ4v) is 2.07. The Kier molecular flexibility index (Phi) is 4.89. The largest absolute Gasteiger partial charge is 0.368 e. The van der Waals surface area contributed by atoms with E-state index in [1.807, 2.05) is 19.1 Å². The van der Waals surface area contributed by atoms with Gasteiger partial charge in [-0.2, -0.15) is 0 Å². The summed E-state index contributed by atoms with van der Waals surface area (Å²) in [5.74, 6) is 0.956. The Bertz CT molecular complexity index is 606. The minimum absolute atomic E-state index is 0.285. The first-order valence-electron chi connectivity index (χ1n) is 7.41. The van der Waals surface area contributed by atoms with Gasteiger partial charge in [-0.15, -0.1) is 0 Å². The van der Waals surface area contributed by atoms with Crippen LogP contribution in [0.2, 0.25) is 0 Å². The predicted octanol–water partition coefficient (Wildman–Crippen LogP) is 4.54. The van der Waals surface area contributed by atoms with Crippen molar-refractivity contribution in [3.05, 3.63) is 41.3 Å². The fourth-order valence-electron chi connectivity index (χ4n) is 2.07. The number of anilines is 1. The molecular weight excluding hydrogens is 265 g/mol. The molecule has 1 aromatic carbocycles. The summed E-state index contributed by atoms with van der Waals surface area (Å²) >= 11 is 0. The van der Waals surface area contributed by atoms with E-state index in [9.17, 15) is 4.39 Å². The maximum atomic E-state index is 14.0. The highest BCUT2D eigenvalue weighted by molar-refractivity contribution is 5.58. The average Bonchev–Trinajstić information content (AvgIpc) is 2.48. The van der Waals surface area contributed by atoms with Gasteiger partial charge in [-0.3, -0.25) is 0 Å². The van der Waals surface area contributed by atoms with Crippen LogP contribution >= 0.6 is 0 Å². The lowest BCUT2D eigenvalue weighted by Gasteiger charge is -2.10. The molecule has 1 aromatic heterocycles. The molecule has 112 valence electrons. The Balaban J connectivity index is 2.36. The number of nitrogens with zero attached hydrogens (tertiary/aromatic N) is 2. The first kappa shape index (κ1) is 15.4. The molecule has 0 spiro atoms. The molecule has 3 nitrogen and oxygen atoms in total. The van der Waals surface area contributed by atoms with E-state index in [0.717, 1.165) is 12.0 Å². The van der Waals surface area contributed by atoms with Gasteiger partial charge in [0.15, 0.2) is 17.5 Å². The van der Waals surface area contributed by atoms with Crippen molar-refractivity contribution in [2.24, 2.45) is 0 Å². The van der Waals surface area contributed by atoms with Gasteiger partial charge in [0, 0.05) is 12.1 Å². The standard InChI is InChI=1S/C17H22FN3/c1-5-10-19-17-15(18)12(4)20-16(21-17)14-8-6-13(7-9-14)11(2)3/h6-9,11H,5,10H2,1-4H3,(H,19,20,21). The van der Waals surface area contributed by atoms with E-state index >= 15 is 0 Å². The lowest BCUT2D eigenvalue weighted by Crippen LogP contribution is -2.08. The molecule has 1 heterocycles. The van der Waals surface area contributed by atoms with Crippen LogP contribution in [-0.4, -0.2) is 16.5 Å². The number of hydrogen-bond acceptors (Lipinski definition) is 3. The van der Waals surface area contributed by atoms with Gasteiger partial charge in [0.2, 0.25) is 0 Å². The van der Waals surface area contributed by atoms with E-state index in [-0.39, 0.29) is 11.6 Å². The molecule has 2 rings (SSSR count). The van der Waals surface area contributed by atoms with Crippen molar-refractivity contribution in [2.45, 2.75) is 40.0 Å². The lowest BCUT2D eigenvalue weighted by atomic mass is 10.0. The molecular formula is C17H22FN3. The van der Waals surface area contributed by atoms with Crippen LogP contribution in [0, 0.1) is 12.7 Å². The van der Waals surface area contributed by atoms with Gasteiger partial charge < -0.3 is 5.32 Å². The molecule has 0 saturated heterocycles. The molecule has 0 bridgehead atoms. The second-order valence-electron chi connectivity index (χ2n) is 5.50. The highest BCUT2D eigenvalue weighted by Gasteiger charge is 2.12. The van der Waals surface area contributed by atoms with Crippen molar-refractivity contribution >= 4 is 5.82 Å². The normalized spacial score (nSPS) is 11.0. The molecule has 21 heavy (non-hydrogen) atoms. The summed E-state index contributed by atoms with van der Waals surface area (Å²) in [5, 5.41) is 3.02. The Hall–Kier alpha value is -1.97. The molecule has 4 heteroatoms. The van der Waals surface area contributed by atoms with Crippen LogP contribution in [0.25, 0.3) is 11.4 Å². The topological polar surface area (TPSA) is 37.8 Å². The molecule has 0 atom stereocenters. The van der Waals surface area contributed by atoms with Gasteiger partial charge in [0.1, 0.15) is 0 Å². The number of halogens is 1. The van der Waals surface area contributed by atoms with Crippen LogP contribution in [-0.2, 0) is 0 Å². The minimum atomic E-state index is -0.369. The highest BCUT2D eigenvalue weighted by Crippen LogP contribution is 2.23. The number of aryl methyl sites for hydroxylation is 1. The van der Waals surface area contributed by atoms with Crippen LogP contribution in [0.3, 0.4) is 0 Å². The van der Waals surface area contributed by atoms with Crippen molar-refractivity contribution in [3.8, 4) is 11.4 Å². The Morgan fingerprint density at radius 1 is 1.14 bits per heavy atom. The molecule has 0 aliphatic carbocycles. The van der Waals surface area contributed by atoms with Crippen molar-refractivity contribution in [1.82, 2.24) is 9.97 Å². The zero-order valence-electron chi connectivity index (χ0n) is 13.1. The summed E-state index contributed by atoms with van der Waals surface area (Å²) in [6.07, 6.45) is 0.918. The van der Waals surface area contributed by atoms with E-state index < -0.39 is 0 Å². The van der Waals surface area contributed by atoms with Crippen molar-refractivity contribution < 1.29 is 4.39 Å². The summed E-state index contributed by atoms with van der Waals surface area (Å²) in [5.41, 5.74) is 2.54. The molecule has 0 aliphatic rings. The van der Waals surface area contributed by atoms with E-state index in [1.165, 1.54) is 5.56 Å². The van der Waals surface area contributed by atoms with Gasteiger partial charge in [-0.05, 0) is 24.8 Å². The van der Waals surface area contributed by atoms with E-state index in [1.54, 1.807) is 6.92 Å². The Labute approximate surface area is 125 Å². The van der Waals surface area contributed by atoms with Gasteiger partial charge >= 0.3 is 0 Å². The summed E-state index contributed by atoms with van der Waals surface area (Å²) in [6.45, 7) is 8.70. The second kappa shape index (κ2) is 6.66. The summed E-state index contributed by atoms with van der Waals surface area (Å²) in [4.78, 5) is 8.58. The summed E-state index contributed by atoms with van der Waals surface area (Å²) in [7, 11) is 0. The molecule has 0 saturated carbocycles. The SMILES string of the molecule is CCCNc1nc(-c2ccc(C(C)C)cc2)nc(C)c1F. The third-order valence-corrected chi connectivity index (χ3v) is 3.39. The predicted molar refractivity (Wildman–Crippen MR) is 85.0 cm³/mol. The number of rotatable bonds is 5. The molecule has 1 N–H and O–H groups in total. The maximum Gasteiger partial charge on any atom is 0.186 e. The molecule has 0 unspecified atom stereocenters. The number of aromatic nitrogens is 2. The van der Waals surface area contributed by atoms with E-state index in [0.29, 0.717) is 24.0 Å². The lowest BCUT2D eigenvalue weighted by molar-refractivity contribution is 0.605. The summed E-state index contributed by atoms with van der Waals surface area (Å²) < 4.78 is 14.0. The van der Waals surface area contributed by atoms with Crippen LogP contribution in [0.15, 0.2) is 24.3 Å². The number of hydrogen-bond donors (Lipinski definition) is 1. The minimum Gasteiger partial charge on any atom is -0.368 e. The van der Waals surface area contributed by atoms with E-state index in [4.69, 9.17) is 0 Å². The summed E-state index contributed by atoms with van der Waals surface area (Å²) in [6, 6.07) is 8.12. The Morgan fingerprint density at radius 3 is 2.38 bits per heavy atom. The highest BCUT2D eigenvalue weighted by atomic mass is 19.1. The molecule has 0 radical (unpaired) electrons. The first-order valence-corrected chi connectivity index (χ1v) is 7.41. The van der Waals surface area contributed by atoms with E-state index in [2.05, 4.69) is 41.3 Å². The van der Waals surface area contributed by atoms with Crippen LogP contribution in [0.5, 0.6) is 0 Å². The second-order valence-corrected chi connectivity index (χ2v) is 5.50. The van der Waals surface area contributed by atoms with Crippen molar-refractivity contribution in [2.75, 3.05) is 11.9 Å². The third kappa shape index (κ3) is 3.57. The zero-order valence-corrected chi connectivity index (χ0v) is 13.1. The van der Waals surface area contributed by atoms with Crippen molar-refractivity contribution in [1.29, 1.82) is 0 Å². The van der Waals surface area contributed by atoms with Gasteiger partial charge in [0.05, 0.1) is 5.69 Å². The fraction of sp³-hybridized carbons (Fsp3) is 0.412. The monoisotopic (exact) mass is 287 g/mol. The number of benzene rings is 1. The molecule has 0 amide bonds. The Morgan fingerprint density at radius 2 is 1.81 bits per heavy atom. The van der Waals surface area contributed by atoms with Gasteiger partial charge in [0.25, 0.3) is 0 Å². The molecule has 0 fully saturated rings. The van der Waals surface area contributed by atoms with Crippen LogP contribution in [0.4, 0.5) is 10.2 Å². The maximum absolute atomic E-state index is 14.0. The molecule has 0 aliphatic heterocycles. The third-order valence-electron chi connectivity index (χ3n) is 3.39. The molecule has 2 aromatic rings. The zero-order chi connectivity index (χ0) is 15.4. The van der Waals surface area contributed by atoms with Crippen LogP contribution in [0.1, 0.15) is 44.4 Å². The first-order chi connectivity index (χ1) is 10.0. The average molecular weight is 287 g/mol. The number of nitrogens with one attached hydrogen (secondary N) is 1. The van der Waals surface area contributed by atoms with Gasteiger partial charge in [-0.25, -0.2) is 14.4 Å². The smallest absolute Gasteiger partial charge is 0.186 e. The van der Waals surface area contributed by atoms with Crippen LogP contribution < -0.4 is 5.32 Å².